The summed E-state index contributed by atoms with van der Waals surface area (Å²) in [6.07, 6.45) is 1.60. The fourth-order valence-corrected chi connectivity index (χ4v) is 2.30. The van der Waals surface area contributed by atoms with Gasteiger partial charge in [-0.05, 0) is 56.7 Å². The smallest absolute Gasteiger partial charge is 0.278 e. The SMILES string of the molecule is Cn1cc(N)c(C(=O)Nc2cc(I)ccc2Br)n1. The monoisotopic (exact) mass is 420 g/mol. The number of carbonyl (C=O) groups is 1. The van der Waals surface area contributed by atoms with E-state index in [0.717, 1.165) is 8.04 Å². The maximum atomic E-state index is 12.0. The van der Waals surface area contributed by atoms with Crippen molar-refractivity contribution >= 4 is 55.8 Å². The molecule has 0 atom stereocenters. The molecule has 0 spiro atoms. The number of nitrogens with zero attached hydrogens (tertiary/aromatic N) is 2. The van der Waals surface area contributed by atoms with Crippen LogP contribution in [0.5, 0.6) is 0 Å². The number of hydrogen-bond acceptors (Lipinski definition) is 3. The quantitative estimate of drug-likeness (QED) is 0.733. The summed E-state index contributed by atoms with van der Waals surface area (Å²) >= 11 is 5.56. The lowest BCUT2D eigenvalue weighted by molar-refractivity contribution is 0.102. The van der Waals surface area contributed by atoms with Gasteiger partial charge in [-0.15, -0.1) is 0 Å². The largest absolute Gasteiger partial charge is 0.396 e. The van der Waals surface area contributed by atoms with E-state index in [1.165, 1.54) is 4.68 Å². The van der Waals surface area contributed by atoms with Gasteiger partial charge in [0.1, 0.15) is 0 Å². The molecule has 1 aromatic heterocycles. The standard InChI is InChI=1S/C11H10BrIN4O/c1-17-5-8(14)10(16-17)11(18)15-9-4-6(13)2-3-7(9)12/h2-5H,14H2,1H3,(H,15,18). The number of halogens is 2. The van der Waals surface area contributed by atoms with Gasteiger partial charge in [0.2, 0.25) is 0 Å². The van der Waals surface area contributed by atoms with E-state index in [-0.39, 0.29) is 11.6 Å². The van der Waals surface area contributed by atoms with Gasteiger partial charge in [0.15, 0.2) is 5.69 Å². The third-order valence-electron chi connectivity index (χ3n) is 2.25. The number of amides is 1. The Morgan fingerprint density at radius 2 is 2.28 bits per heavy atom. The summed E-state index contributed by atoms with van der Waals surface area (Å²) < 4.78 is 3.35. The number of rotatable bonds is 2. The molecule has 0 bridgehead atoms. The highest BCUT2D eigenvalue weighted by Gasteiger charge is 2.15. The number of nitrogens with one attached hydrogen (secondary N) is 1. The molecule has 0 aliphatic carbocycles. The second-order valence-electron chi connectivity index (χ2n) is 3.69. The molecule has 0 aliphatic rings. The predicted octanol–water partition coefficient (Wildman–Crippen LogP) is 2.62. The molecule has 0 radical (unpaired) electrons. The molecule has 2 aromatic rings. The van der Waals surface area contributed by atoms with Gasteiger partial charge in [-0.2, -0.15) is 5.10 Å². The van der Waals surface area contributed by atoms with E-state index in [1.807, 2.05) is 18.2 Å². The fraction of sp³-hybridized carbons (Fsp3) is 0.0909. The molecule has 0 aliphatic heterocycles. The van der Waals surface area contributed by atoms with Crippen LogP contribution < -0.4 is 11.1 Å². The van der Waals surface area contributed by atoms with Crippen LogP contribution in [-0.2, 0) is 7.05 Å². The Bertz CT molecular complexity index is 611. The van der Waals surface area contributed by atoms with Crippen LogP contribution in [0, 0.1) is 3.57 Å². The molecule has 0 unspecified atom stereocenters. The minimum Gasteiger partial charge on any atom is -0.396 e. The average Bonchev–Trinajstić information content (AvgIpc) is 2.63. The summed E-state index contributed by atoms with van der Waals surface area (Å²) in [6, 6.07) is 5.68. The van der Waals surface area contributed by atoms with Crippen molar-refractivity contribution in [2.45, 2.75) is 0 Å². The molecule has 0 saturated heterocycles. The van der Waals surface area contributed by atoms with Crippen LogP contribution in [0.3, 0.4) is 0 Å². The number of carbonyl (C=O) groups excluding carboxylic acids is 1. The zero-order valence-corrected chi connectivity index (χ0v) is 13.2. The fourth-order valence-electron chi connectivity index (χ4n) is 1.46. The summed E-state index contributed by atoms with van der Waals surface area (Å²) in [5, 5.41) is 6.80. The van der Waals surface area contributed by atoms with Crippen molar-refractivity contribution in [3.63, 3.8) is 0 Å². The van der Waals surface area contributed by atoms with Gasteiger partial charge in [0.25, 0.3) is 5.91 Å². The van der Waals surface area contributed by atoms with Crippen LogP contribution in [0.15, 0.2) is 28.9 Å². The van der Waals surface area contributed by atoms with Crippen LogP contribution in [0.4, 0.5) is 11.4 Å². The van der Waals surface area contributed by atoms with E-state index in [0.29, 0.717) is 11.4 Å². The lowest BCUT2D eigenvalue weighted by Crippen LogP contribution is -2.15. The van der Waals surface area contributed by atoms with Gasteiger partial charge in [-0.25, -0.2) is 0 Å². The molecule has 5 nitrogen and oxygen atoms in total. The highest BCUT2D eigenvalue weighted by atomic mass is 127. The van der Waals surface area contributed by atoms with E-state index in [2.05, 4.69) is 48.9 Å². The van der Waals surface area contributed by atoms with E-state index in [1.54, 1.807) is 13.2 Å². The summed E-state index contributed by atoms with van der Waals surface area (Å²) in [5.74, 6) is -0.323. The van der Waals surface area contributed by atoms with Crippen LogP contribution in [0.2, 0.25) is 0 Å². The average molecular weight is 421 g/mol. The zero-order chi connectivity index (χ0) is 13.3. The number of nitrogens with two attached hydrogens (primary N) is 1. The predicted molar refractivity (Wildman–Crippen MR) is 82.4 cm³/mol. The maximum absolute atomic E-state index is 12.0. The molecule has 94 valence electrons. The Hall–Kier alpha value is -1.09. The molecule has 2 rings (SSSR count). The Balaban J connectivity index is 2.26. The summed E-state index contributed by atoms with van der Waals surface area (Å²) in [5.41, 5.74) is 6.98. The molecule has 1 amide bonds. The molecule has 18 heavy (non-hydrogen) atoms. The Morgan fingerprint density at radius 3 is 2.89 bits per heavy atom. The first-order chi connectivity index (χ1) is 8.47. The van der Waals surface area contributed by atoms with E-state index in [9.17, 15) is 4.79 Å². The Labute approximate surface area is 126 Å². The lowest BCUT2D eigenvalue weighted by Gasteiger charge is -2.06. The highest BCUT2D eigenvalue weighted by Crippen LogP contribution is 2.25. The van der Waals surface area contributed by atoms with Gasteiger partial charge < -0.3 is 11.1 Å². The van der Waals surface area contributed by atoms with E-state index >= 15 is 0 Å². The highest BCUT2D eigenvalue weighted by molar-refractivity contribution is 14.1. The number of aryl methyl sites for hydroxylation is 1. The van der Waals surface area contributed by atoms with Crippen LogP contribution in [0.1, 0.15) is 10.5 Å². The summed E-state index contributed by atoms with van der Waals surface area (Å²) in [6.45, 7) is 0. The molecule has 0 fully saturated rings. The number of nitrogen functional groups attached to an aromatic ring is 1. The van der Waals surface area contributed by atoms with Gasteiger partial charge in [-0.3, -0.25) is 9.48 Å². The van der Waals surface area contributed by atoms with Crippen molar-refractivity contribution in [3.8, 4) is 0 Å². The van der Waals surface area contributed by atoms with Crippen molar-refractivity contribution in [1.82, 2.24) is 9.78 Å². The van der Waals surface area contributed by atoms with Crippen molar-refractivity contribution in [3.05, 3.63) is 38.1 Å². The molecular formula is C11H10BrIN4O. The number of anilines is 2. The number of benzene rings is 1. The molecule has 3 N–H and O–H groups in total. The first-order valence-electron chi connectivity index (χ1n) is 5.03. The van der Waals surface area contributed by atoms with Crippen molar-refractivity contribution < 1.29 is 4.79 Å². The summed E-state index contributed by atoms with van der Waals surface area (Å²) in [7, 11) is 1.72. The summed E-state index contributed by atoms with van der Waals surface area (Å²) in [4.78, 5) is 12.0. The third kappa shape index (κ3) is 2.83. The minimum absolute atomic E-state index is 0.225. The van der Waals surface area contributed by atoms with Crippen molar-refractivity contribution in [1.29, 1.82) is 0 Å². The Kier molecular flexibility index (Phi) is 3.91. The van der Waals surface area contributed by atoms with Gasteiger partial charge in [-0.1, -0.05) is 0 Å². The first-order valence-corrected chi connectivity index (χ1v) is 6.90. The first kappa shape index (κ1) is 13.3. The van der Waals surface area contributed by atoms with Crippen LogP contribution in [0.25, 0.3) is 0 Å². The molecule has 7 heteroatoms. The molecule has 0 saturated carbocycles. The molecule has 1 aromatic carbocycles. The zero-order valence-electron chi connectivity index (χ0n) is 9.45. The van der Waals surface area contributed by atoms with E-state index < -0.39 is 0 Å². The topological polar surface area (TPSA) is 72.9 Å². The second kappa shape index (κ2) is 5.27. The maximum Gasteiger partial charge on any atom is 0.278 e. The second-order valence-corrected chi connectivity index (χ2v) is 5.78. The van der Waals surface area contributed by atoms with Gasteiger partial charge in [0.05, 0.1) is 11.4 Å². The Morgan fingerprint density at radius 1 is 1.56 bits per heavy atom. The number of hydrogen-bond donors (Lipinski definition) is 2. The van der Waals surface area contributed by atoms with Crippen molar-refractivity contribution in [2.75, 3.05) is 11.1 Å². The van der Waals surface area contributed by atoms with E-state index in [4.69, 9.17) is 5.73 Å². The van der Waals surface area contributed by atoms with Gasteiger partial charge in [0, 0.05) is 21.3 Å². The van der Waals surface area contributed by atoms with Gasteiger partial charge >= 0.3 is 0 Å². The molecule has 1 heterocycles. The lowest BCUT2D eigenvalue weighted by atomic mass is 10.3. The third-order valence-corrected chi connectivity index (χ3v) is 3.61. The number of aromatic nitrogens is 2. The minimum atomic E-state index is -0.323. The normalized spacial score (nSPS) is 10.4. The van der Waals surface area contributed by atoms with Crippen molar-refractivity contribution in [2.24, 2.45) is 7.05 Å². The van der Waals surface area contributed by atoms with Crippen LogP contribution in [-0.4, -0.2) is 15.7 Å². The molecular weight excluding hydrogens is 411 g/mol. The van der Waals surface area contributed by atoms with Crippen LogP contribution >= 0.6 is 38.5 Å².